The van der Waals surface area contributed by atoms with E-state index in [9.17, 15) is 38.4 Å². The lowest BCUT2D eigenvalue weighted by Gasteiger charge is -2.27. The van der Waals surface area contributed by atoms with Crippen LogP contribution in [0.2, 0.25) is 0 Å². The van der Waals surface area contributed by atoms with Gasteiger partial charge in [0, 0.05) is 167 Å². The van der Waals surface area contributed by atoms with E-state index in [4.69, 9.17) is 0 Å². The van der Waals surface area contributed by atoms with E-state index >= 15 is 0 Å². The molecule has 26 nitrogen and oxygen atoms in total. The first-order valence-corrected chi connectivity index (χ1v) is 30.1. The van der Waals surface area contributed by atoms with Crippen LogP contribution in [0.15, 0.2) is 171 Å². The summed E-state index contributed by atoms with van der Waals surface area (Å²) in [5, 5.41) is 22.5. The van der Waals surface area contributed by atoms with Gasteiger partial charge in [-0.2, -0.15) is 0 Å². The molecule has 0 spiro atoms. The number of carbonyl (C=O) groups is 8. The molecule has 92 heavy (non-hydrogen) atoms. The Kier molecular flexibility index (Phi) is 26.4. The topological polar surface area (TPSA) is 342 Å². The normalized spacial score (nSPS) is 10.8. The van der Waals surface area contributed by atoms with Crippen LogP contribution in [0, 0.1) is 0 Å². The number of nitrogens with zero attached hydrogens (tertiary/aromatic N) is 10. The minimum atomic E-state index is -0.363. The first-order chi connectivity index (χ1) is 44.9. The number of amides is 8. The number of aromatic nitrogens is 8. The molecule has 8 amide bonds. The molecule has 8 N–H and O–H groups in total. The average molecular weight is 1250 g/mol. The third-order valence-corrected chi connectivity index (χ3v) is 14.1. The van der Waals surface area contributed by atoms with Crippen LogP contribution in [-0.2, 0) is 19.2 Å². The molecule has 0 aliphatic carbocycles. The quantitative estimate of drug-likeness (QED) is 0.0265. The highest BCUT2D eigenvalue weighted by Crippen LogP contribution is 2.17. The monoisotopic (exact) mass is 1240 g/mol. The largest absolute Gasteiger partial charge is 0.354 e. The smallest absolute Gasteiger partial charge is 0.252 e. The SMILES string of the molecule is O=C(CCN(CCC(=O)NCCNC(=O)c1ccc(-c2ccccn2)nc1)CCN(CCC(=O)NCCNC(=O)c1ccc(-c2ccccn2)nc1)CCC(=O)NCCNC(=O)c1ccc(-c2ccccn2)nc1)NCCNC(=O)c1ccc(-c2ccccn2)nc1. The number of pyridine rings is 8. The zero-order valence-corrected chi connectivity index (χ0v) is 50.6. The van der Waals surface area contributed by atoms with Gasteiger partial charge >= 0.3 is 0 Å². The van der Waals surface area contributed by atoms with Gasteiger partial charge in [-0.05, 0) is 97.1 Å². The summed E-state index contributed by atoms with van der Waals surface area (Å²) in [6.07, 6.45) is 12.6. The molecule has 8 heterocycles. The zero-order valence-electron chi connectivity index (χ0n) is 50.6. The predicted molar refractivity (Wildman–Crippen MR) is 343 cm³/mol. The van der Waals surface area contributed by atoms with Crippen molar-refractivity contribution < 1.29 is 38.4 Å². The van der Waals surface area contributed by atoms with Crippen LogP contribution in [0.4, 0.5) is 0 Å². The molecular weight excluding hydrogens is 1170 g/mol. The Labute approximate surface area is 531 Å². The Morgan fingerprint density at radius 1 is 0.250 bits per heavy atom. The Morgan fingerprint density at radius 3 is 0.663 bits per heavy atom. The Morgan fingerprint density at radius 2 is 0.467 bits per heavy atom. The molecule has 0 saturated heterocycles. The van der Waals surface area contributed by atoms with Crippen molar-refractivity contribution in [3.05, 3.63) is 193 Å². The fourth-order valence-electron chi connectivity index (χ4n) is 9.04. The van der Waals surface area contributed by atoms with E-state index in [-0.39, 0.29) is 151 Å². The lowest BCUT2D eigenvalue weighted by atomic mass is 10.2. The van der Waals surface area contributed by atoms with Crippen LogP contribution >= 0.6 is 0 Å². The second-order valence-electron chi connectivity index (χ2n) is 20.7. The van der Waals surface area contributed by atoms with Crippen LogP contribution in [0.5, 0.6) is 0 Å². The molecule has 0 radical (unpaired) electrons. The van der Waals surface area contributed by atoms with Gasteiger partial charge in [-0.15, -0.1) is 0 Å². The molecule has 0 fully saturated rings. The fraction of sp³-hybridized carbons (Fsp3) is 0.273. The molecular formula is C66H72N18O8. The first-order valence-electron chi connectivity index (χ1n) is 30.1. The summed E-state index contributed by atoms with van der Waals surface area (Å²) in [5.41, 5.74) is 6.53. The molecule has 8 aromatic rings. The summed E-state index contributed by atoms with van der Waals surface area (Å²) in [5.74, 6) is -2.63. The molecule has 26 heteroatoms. The summed E-state index contributed by atoms with van der Waals surface area (Å²) in [4.78, 5) is 143. The van der Waals surface area contributed by atoms with Crippen LogP contribution < -0.4 is 42.5 Å². The van der Waals surface area contributed by atoms with Crippen molar-refractivity contribution in [1.82, 2.24) is 92.2 Å². The van der Waals surface area contributed by atoms with Crippen LogP contribution in [0.25, 0.3) is 45.6 Å². The van der Waals surface area contributed by atoms with Crippen molar-refractivity contribution in [2.24, 2.45) is 0 Å². The first kappa shape index (κ1) is 66.8. The van der Waals surface area contributed by atoms with Crippen molar-refractivity contribution in [3.63, 3.8) is 0 Å². The number of hydrogen-bond acceptors (Lipinski definition) is 18. The van der Waals surface area contributed by atoms with E-state index in [2.05, 4.69) is 82.4 Å². The number of rotatable bonds is 35. The lowest BCUT2D eigenvalue weighted by Crippen LogP contribution is -2.42. The van der Waals surface area contributed by atoms with Crippen LogP contribution in [0.1, 0.15) is 67.1 Å². The van der Waals surface area contributed by atoms with E-state index in [1.807, 2.05) is 58.3 Å². The Hall–Kier alpha value is -11.1. The van der Waals surface area contributed by atoms with Crippen molar-refractivity contribution in [1.29, 1.82) is 0 Å². The molecule has 0 aliphatic heterocycles. The summed E-state index contributed by atoms with van der Waals surface area (Å²) in [7, 11) is 0. The molecule has 0 aliphatic rings. The van der Waals surface area contributed by atoms with Gasteiger partial charge < -0.3 is 52.3 Å². The van der Waals surface area contributed by atoms with Crippen LogP contribution in [-0.4, -0.2) is 189 Å². The summed E-state index contributed by atoms with van der Waals surface area (Å²) >= 11 is 0. The van der Waals surface area contributed by atoms with E-state index in [0.717, 1.165) is 0 Å². The van der Waals surface area contributed by atoms with E-state index in [1.165, 1.54) is 24.8 Å². The fourth-order valence-corrected chi connectivity index (χ4v) is 9.04. The van der Waals surface area contributed by atoms with Gasteiger partial charge in [-0.25, -0.2) is 0 Å². The number of nitrogens with one attached hydrogen (secondary N) is 8. The molecule has 8 rings (SSSR count). The molecule has 0 saturated carbocycles. The average Bonchev–Trinajstić information content (AvgIpc) is 1.97. The molecule has 0 atom stereocenters. The molecule has 8 aromatic heterocycles. The molecule has 0 bridgehead atoms. The van der Waals surface area contributed by atoms with E-state index in [0.29, 0.717) is 80.9 Å². The Bertz CT molecular complexity index is 3170. The minimum absolute atomic E-state index is 0.0378. The Balaban J connectivity index is 0.831. The molecule has 474 valence electrons. The zero-order chi connectivity index (χ0) is 64.5. The molecule has 0 aromatic carbocycles. The van der Waals surface area contributed by atoms with Crippen molar-refractivity contribution >= 4 is 47.3 Å². The highest BCUT2D eigenvalue weighted by atomic mass is 16.2. The van der Waals surface area contributed by atoms with Gasteiger partial charge in [0.1, 0.15) is 0 Å². The van der Waals surface area contributed by atoms with Gasteiger partial charge in [0.15, 0.2) is 0 Å². The second kappa shape index (κ2) is 36.4. The van der Waals surface area contributed by atoms with E-state index < -0.39 is 0 Å². The van der Waals surface area contributed by atoms with Gasteiger partial charge in [0.2, 0.25) is 23.6 Å². The second-order valence-corrected chi connectivity index (χ2v) is 20.7. The standard InChI is InChI=1S/C66H72N18O8/c85-59(71-29-33-75-63(89)47-13-17-55(79-43-47)51-9-1-5-25-67-51)21-37-83(38-22-60(86)72-30-34-76-64(90)48-14-18-56(80-44-48)52-10-2-6-26-68-52)41-42-84(39-23-61(87)73-31-35-77-65(91)49-15-19-57(81-45-49)53-11-3-7-27-69-53)40-24-62(88)74-32-36-78-66(92)50-16-20-58(82-46-50)54-12-4-8-28-70-54/h1-20,25-28,43-46H,21-24,29-42H2,(H,71,85)(H,72,86)(H,73,87)(H,74,88)(H,75,89)(H,76,90)(H,77,91)(H,78,92). The number of carbonyl (C=O) groups excluding carboxylic acids is 8. The van der Waals surface area contributed by atoms with Crippen molar-refractivity contribution in [2.75, 3.05) is 91.6 Å². The summed E-state index contributed by atoms with van der Waals surface area (Å²) in [6.45, 7) is 2.70. The third kappa shape index (κ3) is 22.5. The van der Waals surface area contributed by atoms with Crippen LogP contribution in [0.3, 0.4) is 0 Å². The highest BCUT2D eigenvalue weighted by molar-refractivity contribution is 5.96. The van der Waals surface area contributed by atoms with Crippen molar-refractivity contribution in [3.8, 4) is 45.6 Å². The maximum absolute atomic E-state index is 13.3. The minimum Gasteiger partial charge on any atom is -0.354 e. The highest BCUT2D eigenvalue weighted by Gasteiger charge is 2.18. The van der Waals surface area contributed by atoms with Gasteiger partial charge in [0.05, 0.1) is 67.8 Å². The maximum atomic E-state index is 13.3. The van der Waals surface area contributed by atoms with Gasteiger partial charge in [-0.3, -0.25) is 78.2 Å². The van der Waals surface area contributed by atoms with E-state index in [1.54, 1.807) is 97.6 Å². The lowest BCUT2D eigenvalue weighted by molar-refractivity contribution is -0.123. The van der Waals surface area contributed by atoms with Gasteiger partial charge in [-0.1, -0.05) is 24.3 Å². The number of hydrogen-bond donors (Lipinski definition) is 8. The molecule has 0 unspecified atom stereocenters. The predicted octanol–water partition coefficient (Wildman–Crippen LogP) is 3.16. The maximum Gasteiger partial charge on any atom is 0.252 e. The summed E-state index contributed by atoms with van der Waals surface area (Å²) in [6, 6.07) is 35.3. The van der Waals surface area contributed by atoms with Gasteiger partial charge in [0.25, 0.3) is 23.6 Å². The van der Waals surface area contributed by atoms with Crippen molar-refractivity contribution in [2.45, 2.75) is 25.7 Å². The third-order valence-electron chi connectivity index (χ3n) is 14.1. The summed E-state index contributed by atoms with van der Waals surface area (Å²) < 4.78 is 0.